The first-order valence-electron chi connectivity index (χ1n) is 6.01. The largest absolute Gasteiger partial charge is 0.490 e. The van der Waals surface area contributed by atoms with Crippen molar-refractivity contribution in [2.45, 2.75) is 6.54 Å². The topological polar surface area (TPSA) is 64.4 Å². The van der Waals surface area contributed by atoms with Gasteiger partial charge in [-0.05, 0) is 45.8 Å². The van der Waals surface area contributed by atoms with E-state index in [1.54, 1.807) is 24.3 Å². The number of nitro benzene ring substituents is 1. The third kappa shape index (κ3) is 3.86. The van der Waals surface area contributed by atoms with Crippen molar-refractivity contribution in [1.82, 2.24) is 0 Å². The minimum absolute atomic E-state index is 0.0491. The molecule has 5 nitrogen and oxygen atoms in total. The van der Waals surface area contributed by atoms with Crippen molar-refractivity contribution in [2.24, 2.45) is 0 Å². The maximum Gasteiger partial charge on any atom is 0.311 e. The van der Waals surface area contributed by atoms with Gasteiger partial charge in [-0.25, -0.2) is 0 Å². The predicted octanol–water partition coefficient (Wildman–Crippen LogP) is 4.63. The van der Waals surface area contributed by atoms with E-state index < -0.39 is 4.92 Å². The maximum atomic E-state index is 11.0. The number of hydrogen-bond donors (Lipinski definition) is 1. The monoisotopic (exact) mass is 370 g/mol. The number of rotatable bonds is 5. The Hall–Kier alpha value is -1.79. The van der Waals surface area contributed by atoms with Crippen LogP contribution < -0.4 is 10.1 Å². The standard InChI is InChI=1S/C14H12BrClN2O3/c1-21-14-5-2-9(6-13(14)18(19)20)8-17-12-4-3-10(16)7-11(12)15/h2-7,17H,8H2,1H3. The summed E-state index contributed by atoms with van der Waals surface area (Å²) in [5, 5.41) is 14.8. The van der Waals surface area contributed by atoms with Gasteiger partial charge in [-0.3, -0.25) is 10.1 Å². The quantitative estimate of drug-likeness (QED) is 0.614. The zero-order valence-corrected chi connectivity index (χ0v) is 13.4. The average Bonchev–Trinajstić information content (AvgIpc) is 2.46. The molecule has 21 heavy (non-hydrogen) atoms. The van der Waals surface area contributed by atoms with Crippen molar-refractivity contribution in [2.75, 3.05) is 12.4 Å². The SMILES string of the molecule is COc1ccc(CNc2ccc(Cl)cc2Br)cc1[N+](=O)[O-]. The van der Waals surface area contributed by atoms with E-state index in [9.17, 15) is 10.1 Å². The van der Waals surface area contributed by atoms with Crippen LogP contribution in [0.3, 0.4) is 0 Å². The van der Waals surface area contributed by atoms with E-state index in [0.29, 0.717) is 11.6 Å². The van der Waals surface area contributed by atoms with Gasteiger partial charge < -0.3 is 10.1 Å². The second kappa shape index (κ2) is 6.78. The van der Waals surface area contributed by atoms with Crippen LogP contribution in [0, 0.1) is 10.1 Å². The molecule has 0 bridgehead atoms. The number of nitro groups is 1. The fraction of sp³-hybridized carbons (Fsp3) is 0.143. The molecule has 0 aliphatic rings. The van der Waals surface area contributed by atoms with Gasteiger partial charge in [-0.2, -0.15) is 0 Å². The summed E-state index contributed by atoms with van der Waals surface area (Å²) in [7, 11) is 1.41. The Morgan fingerprint density at radius 3 is 2.71 bits per heavy atom. The highest BCUT2D eigenvalue weighted by molar-refractivity contribution is 9.10. The molecule has 2 aromatic carbocycles. The predicted molar refractivity (Wildman–Crippen MR) is 86.1 cm³/mol. The van der Waals surface area contributed by atoms with E-state index >= 15 is 0 Å². The molecular weight excluding hydrogens is 360 g/mol. The van der Waals surface area contributed by atoms with Crippen LogP contribution in [0.4, 0.5) is 11.4 Å². The van der Waals surface area contributed by atoms with Gasteiger partial charge in [0, 0.05) is 27.8 Å². The molecule has 0 atom stereocenters. The van der Waals surface area contributed by atoms with E-state index in [-0.39, 0.29) is 11.4 Å². The summed E-state index contributed by atoms with van der Waals surface area (Å²) in [5.41, 5.74) is 1.59. The van der Waals surface area contributed by atoms with Crippen LogP contribution in [-0.4, -0.2) is 12.0 Å². The molecule has 110 valence electrons. The number of nitrogens with zero attached hydrogens (tertiary/aromatic N) is 1. The normalized spacial score (nSPS) is 10.2. The Morgan fingerprint density at radius 1 is 1.33 bits per heavy atom. The number of hydrogen-bond acceptors (Lipinski definition) is 4. The van der Waals surface area contributed by atoms with Gasteiger partial charge in [-0.15, -0.1) is 0 Å². The van der Waals surface area contributed by atoms with Gasteiger partial charge in [0.2, 0.25) is 0 Å². The summed E-state index contributed by atoms with van der Waals surface area (Å²) in [5.74, 6) is 0.247. The molecule has 0 unspecified atom stereocenters. The lowest BCUT2D eigenvalue weighted by Gasteiger charge is -2.10. The van der Waals surface area contributed by atoms with Crippen LogP contribution in [0.5, 0.6) is 5.75 Å². The molecule has 0 aromatic heterocycles. The third-order valence-corrected chi connectivity index (χ3v) is 3.75. The van der Waals surface area contributed by atoms with Gasteiger partial charge in [0.05, 0.1) is 12.0 Å². The number of anilines is 1. The number of halogens is 2. The Labute approximate surface area is 135 Å². The van der Waals surface area contributed by atoms with Crippen LogP contribution in [-0.2, 0) is 6.54 Å². The van der Waals surface area contributed by atoms with E-state index in [1.807, 2.05) is 6.07 Å². The molecule has 2 aromatic rings. The molecule has 0 saturated heterocycles. The van der Waals surface area contributed by atoms with Crippen molar-refractivity contribution in [3.63, 3.8) is 0 Å². The highest BCUT2D eigenvalue weighted by Crippen LogP contribution is 2.29. The molecule has 0 saturated carbocycles. The van der Waals surface area contributed by atoms with Gasteiger partial charge >= 0.3 is 5.69 Å². The minimum atomic E-state index is -0.458. The van der Waals surface area contributed by atoms with Crippen LogP contribution in [0.1, 0.15) is 5.56 Å². The summed E-state index contributed by atoms with van der Waals surface area (Å²) >= 11 is 9.28. The van der Waals surface area contributed by atoms with Gasteiger partial charge in [0.15, 0.2) is 5.75 Å². The zero-order valence-electron chi connectivity index (χ0n) is 11.1. The molecule has 0 spiro atoms. The second-order valence-electron chi connectivity index (χ2n) is 4.24. The molecular formula is C14H12BrClN2O3. The first kappa shape index (κ1) is 15.6. The number of benzene rings is 2. The van der Waals surface area contributed by atoms with Crippen molar-refractivity contribution >= 4 is 38.9 Å². The van der Waals surface area contributed by atoms with Crippen LogP contribution in [0.2, 0.25) is 5.02 Å². The van der Waals surface area contributed by atoms with Crippen LogP contribution >= 0.6 is 27.5 Å². The molecule has 2 rings (SSSR count). The highest BCUT2D eigenvalue weighted by atomic mass is 79.9. The Bertz CT molecular complexity index is 679. The Morgan fingerprint density at radius 2 is 2.10 bits per heavy atom. The van der Waals surface area contributed by atoms with Crippen molar-refractivity contribution in [1.29, 1.82) is 0 Å². The van der Waals surface area contributed by atoms with Crippen molar-refractivity contribution in [3.8, 4) is 5.75 Å². The van der Waals surface area contributed by atoms with Crippen molar-refractivity contribution in [3.05, 3.63) is 61.6 Å². The highest BCUT2D eigenvalue weighted by Gasteiger charge is 2.15. The molecule has 0 aliphatic heterocycles. The zero-order chi connectivity index (χ0) is 15.4. The number of nitrogens with one attached hydrogen (secondary N) is 1. The Kier molecular flexibility index (Phi) is 5.03. The summed E-state index contributed by atoms with van der Waals surface area (Å²) in [4.78, 5) is 10.5. The molecule has 0 amide bonds. The molecule has 1 N–H and O–H groups in total. The number of methoxy groups -OCH3 is 1. The third-order valence-electron chi connectivity index (χ3n) is 2.85. The summed E-state index contributed by atoms with van der Waals surface area (Å²) in [6, 6.07) is 10.3. The minimum Gasteiger partial charge on any atom is -0.490 e. The molecule has 7 heteroatoms. The van der Waals surface area contributed by atoms with E-state index in [1.165, 1.54) is 13.2 Å². The smallest absolute Gasteiger partial charge is 0.311 e. The van der Waals surface area contributed by atoms with Gasteiger partial charge in [0.1, 0.15) is 0 Å². The first-order chi connectivity index (χ1) is 10.0. The fourth-order valence-corrected chi connectivity index (χ4v) is 2.64. The van der Waals surface area contributed by atoms with E-state index in [2.05, 4.69) is 21.2 Å². The molecule has 0 radical (unpaired) electrons. The lowest BCUT2D eigenvalue weighted by molar-refractivity contribution is -0.385. The molecule has 0 fully saturated rings. The summed E-state index contributed by atoms with van der Waals surface area (Å²) in [6.45, 7) is 0.449. The lowest BCUT2D eigenvalue weighted by atomic mass is 10.2. The summed E-state index contributed by atoms with van der Waals surface area (Å²) in [6.07, 6.45) is 0. The van der Waals surface area contributed by atoms with Crippen LogP contribution in [0.25, 0.3) is 0 Å². The Balaban J connectivity index is 2.16. The second-order valence-corrected chi connectivity index (χ2v) is 5.53. The average molecular weight is 372 g/mol. The van der Waals surface area contributed by atoms with Crippen LogP contribution in [0.15, 0.2) is 40.9 Å². The molecule has 0 heterocycles. The van der Waals surface area contributed by atoms with Crippen molar-refractivity contribution < 1.29 is 9.66 Å². The lowest BCUT2D eigenvalue weighted by Crippen LogP contribution is -2.02. The number of ether oxygens (including phenoxy) is 1. The summed E-state index contributed by atoms with van der Waals surface area (Å²) < 4.78 is 5.80. The molecule has 0 aliphatic carbocycles. The van der Waals surface area contributed by atoms with Gasteiger partial charge in [-0.1, -0.05) is 17.7 Å². The maximum absolute atomic E-state index is 11.0. The van der Waals surface area contributed by atoms with E-state index in [0.717, 1.165) is 15.7 Å². The van der Waals surface area contributed by atoms with E-state index in [4.69, 9.17) is 16.3 Å². The fourth-order valence-electron chi connectivity index (χ4n) is 1.82. The van der Waals surface area contributed by atoms with Gasteiger partial charge in [0.25, 0.3) is 0 Å². The first-order valence-corrected chi connectivity index (χ1v) is 7.18.